The van der Waals surface area contributed by atoms with Crippen molar-refractivity contribution < 1.29 is 31.1 Å². The van der Waals surface area contributed by atoms with Crippen LogP contribution < -0.4 is 21.9 Å². The molecule has 1 N–H and O–H groups in total. The average molecular weight is 423 g/mol. The lowest BCUT2D eigenvalue weighted by Gasteiger charge is -2.24. The minimum Gasteiger partial charge on any atom is -1.00 e. The number of aliphatic hydroxyl groups is 1. The molecule has 0 saturated carbocycles. The van der Waals surface area contributed by atoms with Crippen molar-refractivity contribution in [1.29, 1.82) is 0 Å². The molecule has 2 aromatic rings. The Labute approximate surface area is 161 Å². The topological polar surface area (TPSA) is 26.5 Å². The minimum absolute atomic E-state index is 0. The second kappa shape index (κ2) is 7.09. The lowest BCUT2D eigenvalue weighted by atomic mass is 10.0. The van der Waals surface area contributed by atoms with Gasteiger partial charge in [-0.25, -0.2) is 13.9 Å². The molecule has 0 saturated heterocycles. The van der Waals surface area contributed by atoms with Gasteiger partial charge in [0.2, 0.25) is 0 Å². The third-order valence-electron chi connectivity index (χ3n) is 4.70. The Kier molecular flexibility index (Phi) is 5.23. The van der Waals surface area contributed by atoms with E-state index in [1.54, 1.807) is 23.9 Å². The van der Waals surface area contributed by atoms with E-state index < -0.39 is 5.72 Å². The lowest BCUT2D eigenvalue weighted by molar-refractivity contribution is -0.656. The number of amidine groups is 1. The number of rotatable bonds is 2. The van der Waals surface area contributed by atoms with E-state index >= 15 is 0 Å². The molecule has 2 heterocycles. The highest BCUT2D eigenvalue weighted by Gasteiger charge is 2.53. The van der Waals surface area contributed by atoms with E-state index in [4.69, 9.17) is 0 Å². The van der Waals surface area contributed by atoms with Crippen LogP contribution in [-0.2, 0) is 5.72 Å². The zero-order valence-corrected chi connectivity index (χ0v) is 16.4. The Balaban J connectivity index is 0.00000182. The van der Waals surface area contributed by atoms with E-state index in [9.17, 15) is 9.50 Å². The zero-order valence-electron chi connectivity index (χ0n) is 14.0. The van der Waals surface area contributed by atoms with E-state index in [0.717, 1.165) is 35.1 Å². The van der Waals surface area contributed by atoms with Gasteiger partial charge in [-0.3, -0.25) is 0 Å². The Morgan fingerprint density at radius 2 is 1.80 bits per heavy atom. The van der Waals surface area contributed by atoms with Crippen molar-refractivity contribution in [2.75, 3.05) is 23.7 Å². The molecule has 4 rings (SSSR count). The molecule has 0 fully saturated rings. The van der Waals surface area contributed by atoms with Gasteiger partial charge in [-0.2, -0.15) is 0 Å². The molecular weight excluding hydrogens is 403 g/mol. The number of benzene rings is 2. The first kappa shape index (κ1) is 18.4. The summed E-state index contributed by atoms with van der Waals surface area (Å²) < 4.78 is 15.4. The standard InChI is InChI=1S/C19H20FN2OS.BrH/c1-14-3-9-17(10-4-14)21-13-19(23,15-5-7-16(20)8-6-15)22-11-2-12-24-18(21)22;/h3-10,23H,2,11-13H2,1H3;1H/q+1;/p-1. The summed E-state index contributed by atoms with van der Waals surface area (Å²) in [6.07, 6.45) is 1.03. The van der Waals surface area contributed by atoms with Gasteiger partial charge in [0.05, 0.1) is 6.54 Å². The lowest BCUT2D eigenvalue weighted by Crippen LogP contribution is -3.00. The van der Waals surface area contributed by atoms with Crippen LogP contribution >= 0.6 is 11.8 Å². The number of hydrogen-bond donors (Lipinski definition) is 1. The summed E-state index contributed by atoms with van der Waals surface area (Å²) in [6, 6.07) is 14.6. The molecule has 3 nitrogen and oxygen atoms in total. The predicted octanol–water partition coefficient (Wildman–Crippen LogP) is 0.309. The van der Waals surface area contributed by atoms with Crippen LogP contribution in [0.4, 0.5) is 10.1 Å². The quantitative estimate of drug-likeness (QED) is 0.705. The Morgan fingerprint density at radius 3 is 2.48 bits per heavy atom. The predicted molar refractivity (Wildman–Crippen MR) is 96.0 cm³/mol. The number of hydrogen-bond acceptors (Lipinski definition) is 3. The highest BCUT2D eigenvalue weighted by atomic mass is 79.9. The smallest absolute Gasteiger partial charge is 0.316 e. The number of nitrogens with zero attached hydrogens (tertiary/aromatic N) is 2. The van der Waals surface area contributed by atoms with E-state index in [2.05, 4.69) is 40.7 Å². The van der Waals surface area contributed by atoms with Crippen molar-refractivity contribution in [2.24, 2.45) is 0 Å². The maximum Gasteiger partial charge on any atom is 0.316 e. The van der Waals surface area contributed by atoms with Crippen LogP contribution in [0, 0.1) is 12.7 Å². The van der Waals surface area contributed by atoms with E-state index in [1.165, 1.54) is 17.7 Å². The monoisotopic (exact) mass is 422 g/mol. The van der Waals surface area contributed by atoms with Gasteiger partial charge in [-0.15, -0.1) is 0 Å². The SMILES string of the molecule is Cc1ccc(N2CC(O)(c3ccc(F)cc3)[N+]3=C2SCCC3)cc1.[Br-]. The maximum atomic E-state index is 13.3. The molecule has 0 amide bonds. The van der Waals surface area contributed by atoms with Crippen molar-refractivity contribution in [3.63, 3.8) is 0 Å². The summed E-state index contributed by atoms with van der Waals surface area (Å²) in [6.45, 7) is 3.32. The van der Waals surface area contributed by atoms with E-state index in [1.807, 2.05) is 0 Å². The Hall–Kier alpha value is -1.37. The van der Waals surface area contributed by atoms with Crippen molar-refractivity contribution in [2.45, 2.75) is 19.1 Å². The molecule has 0 radical (unpaired) electrons. The van der Waals surface area contributed by atoms with Crippen LogP contribution in [0.5, 0.6) is 0 Å². The zero-order chi connectivity index (χ0) is 16.7. The summed E-state index contributed by atoms with van der Waals surface area (Å²) in [4.78, 5) is 2.17. The maximum absolute atomic E-state index is 13.3. The normalized spacial score (nSPS) is 22.6. The van der Waals surface area contributed by atoms with Crippen LogP contribution in [-0.4, -0.2) is 33.7 Å². The first-order chi connectivity index (χ1) is 11.6. The largest absolute Gasteiger partial charge is 1.00 e. The summed E-state index contributed by atoms with van der Waals surface area (Å²) in [5.74, 6) is 0.765. The van der Waals surface area contributed by atoms with Crippen LogP contribution in [0.2, 0.25) is 0 Å². The third-order valence-corrected chi connectivity index (χ3v) is 5.89. The van der Waals surface area contributed by atoms with E-state index in [0.29, 0.717) is 6.54 Å². The summed E-state index contributed by atoms with van der Waals surface area (Å²) in [5, 5.41) is 12.5. The Morgan fingerprint density at radius 1 is 1.12 bits per heavy atom. The molecule has 1 unspecified atom stereocenters. The molecule has 25 heavy (non-hydrogen) atoms. The van der Waals surface area contributed by atoms with Crippen LogP contribution in [0.25, 0.3) is 0 Å². The molecule has 0 bridgehead atoms. The summed E-state index contributed by atoms with van der Waals surface area (Å²) in [5.41, 5.74) is 1.90. The second-order valence-electron chi connectivity index (χ2n) is 6.38. The number of aryl methyl sites for hydroxylation is 1. The van der Waals surface area contributed by atoms with Crippen molar-refractivity contribution in [1.82, 2.24) is 0 Å². The van der Waals surface area contributed by atoms with Crippen molar-refractivity contribution in [3.05, 3.63) is 65.5 Å². The van der Waals surface area contributed by atoms with Gasteiger partial charge in [0.15, 0.2) is 6.54 Å². The fourth-order valence-corrected chi connectivity index (χ4v) is 4.57. The molecule has 2 aliphatic heterocycles. The molecular formula is C19H20BrFN2OS. The van der Waals surface area contributed by atoms with E-state index in [-0.39, 0.29) is 22.8 Å². The molecule has 2 aliphatic rings. The van der Waals surface area contributed by atoms with Crippen LogP contribution in [0.3, 0.4) is 0 Å². The number of anilines is 1. The van der Waals surface area contributed by atoms with Gasteiger partial charge >= 0.3 is 5.17 Å². The highest BCUT2D eigenvalue weighted by Crippen LogP contribution is 2.37. The second-order valence-corrected chi connectivity index (χ2v) is 7.44. The van der Waals surface area contributed by atoms with Gasteiger partial charge in [0.25, 0.3) is 5.72 Å². The van der Waals surface area contributed by atoms with Crippen molar-refractivity contribution in [3.8, 4) is 0 Å². The molecule has 2 aromatic carbocycles. The van der Waals surface area contributed by atoms with Gasteiger partial charge in [0, 0.05) is 11.3 Å². The number of thioether (sulfide) groups is 1. The van der Waals surface area contributed by atoms with Gasteiger partial charge < -0.3 is 22.1 Å². The fraction of sp³-hybridized carbons (Fsp3) is 0.316. The first-order valence-electron chi connectivity index (χ1n) is 8.18. The Bertz CT molecular complexity index is 794. The molecule has 0 aliphatic carbocycles. The summed E-state index contributed by atoms with van der Waals surface area (Å²) in [7, 11) is 0. The number of halogens is 2. The average Bonchev–Trinajstić information content (AvgIpc) is 2.91. The fourth-order valence-electron chi connectivity index (χ4n) is 3.39. The third kappa shape index (κ3) is 3.23. The minimum atomic E-state index is -1.12. The molecule has 132 valence electrons. The van der Waals surface area contributed by atoms with Gasteiger partial charge in [0.1, 0.15) is 11.5 Å². The molecule has 0 aromatic heterocycles. The van der Waals surface area contributed by atoms with Crippen molar-refractivity contribution >= 4 is 22.6 Å². The molecule has 1 atom stereocenters. The number of β-amino-alcohol motifs (C(OH)–C–C–N with tert-alkyl or cyclic N) is 1. The molecule has 0 spiro atoms. The highest BCUT2D eigenvalue weighted by molar-refractivity contribution is 8.13. The first-order valence-corrected chi connectivity index (χ1v) is 9.16. The van der Waals surface area contributed by atoms with Gasteiger partial charge in [-0.1, -0.05) is 17.7 Å². The summed E-state index contributed by atoms with van der Waals surface area (Å²) >= 11 is 1.78. The van der Waals surface area contributed by atoms with Crippen LogP contribution in [0.1, 0.15) is 17.5 Å². The van der Waals surface area contributed by atoms with Gasteiger partial charge in [-0.05, 0) is 61.5 Å². The molecule has 6 heteroatoms. The van der Waals surface area contributed by atoms with Crippen LogP contribution in [0.15, 0.2) is 48.5 Å².